The van der Waals surface area contributed by atoms with Crippen LogP contribution in [0.5, 0.6) is 0 Å². The molecule has 0 saturated carbocycles. The molecular formula is C8H16N4O. The number of hydrogen-bond donors (Lipinski definition) is 2. The van der Waals surface area contributed by atoms with E-state index >= 15 is 0 Å². The highest BCUT2D eigenvalue weighted by Crippen LogP contribution is 2.16. The van der Waals surface area contributed by atoms with E-state index in [1.54, 1.807) is 11.0 Å². The zero-order valence-electron chi connectivity index (χ0n) is 8.01. The molecule has 74 valence electrons. The second-order valence-electron chi connectivity index (χ2n) is 3.74. The molecule has 0 aromatic carbocycles. The number of rotatable bonds is 4. The van der Waals surface area contributed by atoms with Crippen molar-refractivity contribution in [2.75, 3.05) is 6.61 Å². The van der Waals surface area contributed by atoms with E-state index in [-0.39, 0.29) is 12.6 Å². The van der Waals surface area contributed by atoms with Gasteiger partial charge in [-0.2, -0.15) is 5.10 Å². The summed E-state index contributed by atoms with van der Waals surface area (Å²) in [6.45, 7) is 3.79. The highest BCUT2D eigenvalue weighted by Gasteiger charge is 2.21. The summed E-state index contributed by atoms with van der Waals surface area (Å²) in [6.07, 6.45) is 3.81. The lowest BCUT2D eigenvalue weighted by atomic mass is 9.96. The van der Waals surface area contributed by atoms with Crippen LogP contribution in [0.15, 0.2) is 12.7 Å². The predicted octanol–water partition coefficient (Wildman–Crippen LogP) is -0.0611. The lowest BCUT2D eigenvalue weighted by molar-refractivity contribution is 0.182. The van der Waals surface area contributed by atoms with Crippen LogP contribution in [0.1, 0.15) is 26.3 Å². The zero-order chi connectivity index (χ0) is 9.90. The van der Waals surface area contributed by atoms with Crippen LogP contribution in [-0.4, -0.2) is 32.0 Å². The highest BCUT2D eigenvalue weighted by atomic mass is 16.3. The molecule has 3 N–H and O–H groups in total. The maximum Gasteiger partial charge on any atom is 0.137 e. The first-order chi connectivity index (χ1) is 6.05. The Kier molecular flexibility index (Phi) is 3.00. The molecular weight excluding hydrogens is 168 g/mol. The van der Waals surface area contributed by atoms with Gasteiger partial charge < -0.3 is 10.8 Å². The molecule has 1 aromatic rings. The zero-order valence-corrected chi connectivity index (χ0v) is 8.01. The molecule has 5 heteroatoms. The Labute approximate surface area is 77.6 Å². The van der Waals surface area contributed by atoms with Crippen LogP contribution in [0.4, 0.5) is 0 Å². The molecule has 1 aromatic heterocycles. The monoisotopic (exact) mass is 184 g/mol. The van der Waals surface area contributed by atoms with Crippen LogP contribution in [0.2, 0.25) is 0 Å². The second kappa shape index (κ2) is 3.85. The van der Waals surface area contributed by atoms with E-state index in [1.807, 2.05) is 13.8 Å². The third-order valence-electron chi connectivity index (χ3n) is 2.01. The fourth-order valence-corrected chi connectivity index (χ4v) is 1.28. The molecule has 13 heavy (non-hydrogen) atoms. The van der Waals surface area contributed by atoms with Gasteiger partial charge in [0.2, 0.25) is 0 Å². The first-order valence-corrected chi connectivity index (χ1v) is 4.29. The third-order valence-corrected chi connectivity index (χ3v) is 2.01. The lowest BCUT2D eigenvalue weighted by Crippen LogP contribution is -2.42. The van der Waals surface area contributed by atoms with Crippen LogP contribution in [0.25, 0.3) is 0 Å². The van der Waals surface area contributed by atoms with Crippen molar-refractivity contribution in [3.8, 4) is 0 Å². The number of aromatic nitrogens is 3. The fourth-order valence-electron chi connectivity index (χ4n) is 1.28. The quantitative estimate of drug-likeness (QED) is 0.687. The van der Waals surface area contributed by atoms with Crippen LogP contribution in [0, 0.1) is 0 Å². The first kappa shape index (κ1) is 10.1. The molecule has 2 atom stereocenters. The van der Waals surface area contributed by atoms with Crippen molar-refractivity contribution in [3.05, 3.63) is 12.7 Å². The van der Waals surface area contributed by atoms with Crippen molar-refractivity contribution in [1.29, 1.82) is 0 Å². The Bertz CT molecular complexity index is 245. The van der Waals surface area contributed by atoms with E-state index in [0.717, 1.165) is 0 Å². The van der Waals surface area contributed by atoms with Crippen LogP contribution in [0.3, 0.4) is 0 Å². The number of hydrogen-bond acceptors (Lipinski definition) is 4. The van der Waals surface area contributed by atoms with Crippen molar-refractivity contribution in [2.24, 2.45) is 5.73 Å². The van der Waals surface area contributed by atoms with Crippen molar-refractivity contribution >= 4 is 0 Å². The Hall–Kier alpha value is -0.940. The van der Waals surface area contributed by atoms with E-state index in [9.17, 15) is 0 Å². The Morgan fingerprint density at radius 3 is 2.85 bits per heavy atom. The number of aliphatic hydroxyl groups is 1. The van der Waals surface area contributed by atoms with Gasteiger partial charge in [-0.3, -0.25) is 4.68 Å². The largest absolute Gasteiger partial charge is 0.394 e. The van der Waals surface area contributed by atoms with E-state index in [2.05, 4.69) is 10.1 Å². The molecule has 0 radical (unpaired) electrons. The average molecular weight is 184 g/mol. The van der Waals surface area contributed by atoms with Gasteiger partial charge in [0.15, 0.2) is 0 Å². The van der Waals surface area contributed by atoms with E-state index in [4.69, 9.17) is 10.8 Å². The van der Waals surface area contributed by atoms with Crippen LogP contribution < -0.4 is 5.73 Å². The normalized spacial score (nSPS) is 18.2. The minimum Gasteiger partial charge on any atom is -0.394 e. The maximum atomic E-state index is 8.97. The van der Waals surface area contributed by atoms with Crippen molar-refractivity contribution < 1.29 is 5.11 Å². The molecule has 0 aliphatic carbocycles. The van der Waals surface area contributed by atoms with Gasteiger partial charge in [-0.1, -0.05) is 0 Å². The average Bonchev–Trinajstić information content (AvgIpc) is 2.55. The van der Waals surface area contributed by atoms with E-state index in [0.29, 0.717) is 6.42 Å². The summed E-state index contributed by atoms with van der Waals surface area (Å²) in [5.41, 5.74) is 5.26. The van der Waals surface area contributed by atoms with Gasteiger partial charge in [-0.15, -0.1) is 0 Å². The van der Waals surface area contributed by atoms with Crippen molar-refractivity contribution in [1.82, 2.24) is 14.8 Å². The van der Waals surface area contributed by atoms with Crippen LogP contribution in [-0.2, 0) is 0 Å². The fraction of sp³-hybridized carbons (Fsp3) is 0.750. The molecule has 0 amide bonds. The van der Waals surface area contributed by atoms with Crippen molar-refractivity contribution in [2.45, 2.75) is 31.8 Å². The summed E-state index contributed by atoms with van der Waals surface area (Å²) in [6, 6.07) is 0.157. The molecule has 2 unspecified atom stereocenters. The third kappa shape index (κ3) is 2.78. The molecule has 0 saturated heterocycles. The van der Waals surface area contributed by atoms with E-state index in [1.165, 1.54) is 6.33 Å². The van der Waals surface area contributed by atoms with Gasteiger partial charge in [0.1, 0.15) is 12.7 Å². The molecule has 0 aliphatic heterocycles. The summed E-state index contributed by atoms with van der Waals surface area (Å²) in [7, 11) is 0. The molecule has 0 aliphatic rings. The number of aliphatic hydroxyl groups excluding tert-OH is 1. The summed E-state index contributed by atoms with van der Waals surface area (Å²) in [4.78, 5) is 3.85. The first-order valence-electron chi connectivity index (χ1n) is 4.29. The predicted molar refractivity (Wildman–Crippen MR) is 49.0 cm³/mol. The van der Waals surface area contributed by atoms with Crippen LogP contribution >= 0.6 is 0 Å². The Morgan fingerprint density at radius 1 is 1.69 bits per heavy atom. The van der Waals surface area contributed by atoms with Gasteiger partial charge in [0.05, 0.1) is 12.6 Å². The maximum absolute atomic E-state index is 8.97. The number of nitrogens with zero attached hydrogens (tertiary/aromatic N) is 3. The highest BCUT2D eigenvalue weighted by molar-refractivity contribution is 4.81. The van der Waals surface area contributed by atoms with Gasteiger partial charge >= 0.3 is 0 Å². The topological polar surface area (TPSA) is 77.0 Å². The molecule has 0 fully saturated rings. The summed E-state index contributed by atoms with van der Waals surface area (Å²) < 4.78 is 1.74. The minimum absolute atomic E-state index is 0.0218. The minimum atomic E-state index is -0.550. The van der Waals surface area contributed by atoms with Gasteiger partial charge in [-0.05, 0) is 20.3 Å². The molecule has 0 spiro atoms. The second-order valence-corrected chi connectivity index (χ2v) is 3.74. The number of nitrogens with two attached hydrogens (primary N) is 1. The molecule has 1 rings (SSSR count). The summed E-state index contributed by atoms with van der Waals surface area (Å²) >= 11 is 0. The summed E-state index contributed by atoms with van der Waals surface area (Å²) in [5.74, 6) is 0. The standard InChI is InChI=1S/C8H16N4O/c1-7(3-8(2,9)4-13)12-6-10-5-11-12/h5-7,13H,3-4,9H2,1-2H3. The Balaban J connectivity index is 2.56. The van der Waals surface area contributed by atoms with Gasteiger partial charge in [-0.25, -0.2) is 4.98 Å². The lowest BCUT2D eigenvalue weighted by Gasteiger charge is -2.25. The molecule has 5 nitrogen and oxygen atoms in total. The van der Waals surface area contributed by atoms with Gasteiger partial charge in [0.25, 0.3) is 0 Å². The van der Waals surface area contributed by atoms with Crippen molar-refractivity contribution in [3.63, 3.8) is 0 Å². The summed E-state index contributed by atoms with van der Waals surface area (Å²) in [5, 5.41) is 13.0. The SMILES string of the molecule is CC(CC(C)(N)CO)n1cncn1. The smallest absolute Gasteiger partial charge is 0.137 e. The molecule has 0 bridgehead atoms. The molecule has 1 heterocycles. The van der Waals surface area contributed by atoms with Gasteiger partial charge in [0, 0.05) is 5.54 Å². The van der Waals surface area contributed by atoms with E-state index < -0.39 is 5.54 Å². The Morgan fingerprint density at radius 2 is 2.38 bits per heavy atom.